The second-order valence-corrected chi connectivity index (χ2v) is 7.02. The molecule has 25 heavy (non-hydrogen) atoms. The molecule has 1 rings (SSSR count). The van der Waals surface area contributed by atoms with Gasteiger partial charge >= 0.3 is 0 Å². The molecule has 0 atom stereocenters. The van der Waals surface area contributed by atoms with Crippen molar-refractivity contribution in [3.05, 3.63) is 17.0 Å². The van der Waals surface area contributed by atoms with Gasteiger partial charge in [-0.1, -0.05) is 5.16 Å². The standard InChI is InChI=1S/C19H37N5O/c1-8-20-19(21-11-9-13-24(14(2)3)15(4)5)22-12-10-18-16(6)23-25-17(18)7/h14-15H,8-13H2,1-7H3,(H2,20,21,22). The normalized spacial score (nSPS) is 12.5. The van der Waals surface area contributed by atoms with Gasteiger partial charge in [0.05, 0.1) is 5.69 Å². The fourth-order valence-electron chi connectivity index (χ4n) is 3.06. The number of nitrogens with zero attached hydrogens (tertiary/aromatic N) is 3. The molecule has 0 amide bonds. The molecule has 0 aromatic carbocycles. The molecular weight excluding hydrogens is 314 g/mol. The van der Waals surface area contributed by atoms with Gasteiger partial charge < -0.3 is 15.2 Å². The van der Waals surface area contributed by atoms with Gasteiger partial charge in [0.15, 0.2) is 5.96 Å². The Balaban J connectivity index is 2.43. The SMILES string of the molecule is CCNC(=NCCCN(C(C)C)C(C)C)NCCc1c(C)noc1C. The predicted molar refractivity (Wildman–Crippen MR) is 105 cm³/mol. The lowest BCUT2D eigenvalue weighted by Crippen LogP contribution is -2.39. The number of nitrogens with one attached hydrogen (secondary N) is 2. The summed E-state index contributed by atoms with van der Waals surface area (Å²) in [6.07, 6.45) is 1.96. The van der Waals surface area contributed by atoms with E-state index in [1.807, 2.05) is 13.8 Å². The Morgan fingerprint density at radius 1 is 1.16 bits per heavy atom. The molecule has 0 radical (unpaired) electrons. The summed E-state index contributed by atoms with van der Waals surface area (Å²) in [5, 5.41) is 10.7. The molecule has 0 unspecified atom stereocenters. The van der Waals surface area contributed by atoms with E-state index in [1.54, 1.807) is 0 Å². The monoisotopic (exact) mass is 351 g/mol. The highest BCUT2D eigenvalue weighted by Crippen LogP contribution is 2.12. The Morgan fingerprint density at radius 2 is 1.84 bits per heavy atom. The smallest absolute Gasteiger partial charge is 0.191 e. The van der Waals surface area contributed by atoms with Crippen LogP contribution in [0.3, 0.4) is 0 Å². The highest BCUT2D eigenvalue weighted by atomic mass is 16.5. The summed E-state index contributed by atoms with van der Waals surface area (Å²) in [6, 6.07) is 1.15. The molecule has 1 aromatic rings. The van der Waals surface area contributed by atoms with Crippen LogP contribution < -0.4 is 10.6 Å². The van der Waals surface area contributed by atoms with Crippen LogP contribution in [0.4, 0.5) is 0 Å². The lowest BCUT2D eigenvalue weighted by Gasteiger charge is -2.30. The molecule has 0 saturated heterocycles. The summed E-state index contributed by atoms with van der Waals surface area (Å²) in [5.74, 6) is 1.79. The molecule has 6 nitrogen and oxygen atoms in total. The van der Waals surface area contributed by atoms with Gasteiger partial charge in [0, 0.05) is 43.8 Å². The van der Waals surface area contributed by atoms with E-state index >= 15 is 0 Å². The van der Waals surface area contributed by atoms with E-state index < -0.39 is 0 Å². The molecule has 144 valence electrons. The largest absolute Gasteiger partial charge is 0.361 e. The van der Waals surface area contributed by atoms with Crippen molar-refractivity contribution in [2.24, 2.45) is 4.99 Å². The van der Waals surface area contributed by atoms with E-state index in [0.717, 1.165) is 56.4 Å². The maximum atomic E-state index is 5.21. The van der Waals surface area contributed by atoms with Crippen molar-refractivity contribution in [3.63, 3.8) is 0 Å². The summed E-state index contributed by atoms with van der Waals surface area (Å²) in [6.45, 7) is 18.6. The third-order valence-electron chi connectivity index (χ3n) is 4.36. The number of rotatable bonds is 10. The van der Waals surface area contributed by atoms with Crippen LogP contribution in [0.2, 0.25) is 0 Å². The Hall–Kier alpha value is -1.56. The summed E-state index contributed by atoms with van der Waals surface area (Å²) < 4.78 is 5.21. The van der Waals surface area contributed by atoms with E-state index in [-0.39, 0.29) is 0 Å². The summed E-state index contributed by atoms with van der Waals surface area (Å²) in [4.78, 5) is 7.20. The number of aryl methyl sites for hydroxylation is 2. The highest BCUT2D eigenvalue weighted by molar-refractivity contribution is 5.79. The number of hydrogen-bond acceptors (Lipinski definition) is 4. The van der Waals surface area contributed by atoms with Gasteiger partial charge in [-0.05, 0) is 61.3 Å². The van der Waals surface area contributed by atoms with Crippen molar-refractivity contribution in [1.82, 2.24) is 20.7 Å². The second kappa shape index (κ2) is 11.1. The van der Waals surface area contributed by atoms with Crippen molar-refractivity contribution >= 4 is 5.96 Å². The average molecular weight is 352 g/mol. The van der Waals surface area contributed by atoms with Crippen molar-refractivity contribution in [2.45, 2.75) is 73.4 Å². The molecule has 0 fully saturated rings. The summed E-state index contributed by atoms with van der Waals surface area (Å²) in [7, 11) is 0. The Morgan fingerprint density at radius 3 is 2.36 bits per heavy atom. The zero-order chi connectivity index (χ0) is 18.8. The van der Waals surface area contributed by atoms with Gasteiger partial charge in [0.1, 0.15) is 5.76 Å². The van der Waals surface area contributed by atoms with Crippen LogP contribution in [0.25, 0.3) is 0 Å². The maximum Gasteiger partial charge on any atom is 0.191 e. The third-order valence-corrected chi connectivity index (χ3v) is 4.36. The first-order chi connectivity index (χ1) is 11.9. The molecule has 0 aliphatic rings. The van der Waals surface area contributed by atoms with E-state index in [0.29, 0.717) is 12.1 Å². The first-order valence-electron chi connectivity index (χ1n) is 9.56. The third kappa shape index (κ3) is 7.46. The zero-order valence-electron chi connectivity index (χ0n) is 17.1. The molecule has 0 aliphatic carbocycles. The molecule has 0 saturated carbocycles. The molecule has 0 spiro atoms. The minimum Gasteiger partial charge on any atom is -0.361 e. The minimum absolute atomic E-state index is 0.574. The van der Waals surface area contributed by atoms with Crippen LogP contribution in [-0.2, 0) is 6.42 Å². The summed E-state index contributed by atoms with van der Waals surface area (Å²) >= 11 is 0. The second-order valence-electron chi connectivity index (χ2n) is 7.02. The Kier molecular flexibility index (Phi) is 9.57. The van der Waals surface area contributed by atoms with Crippen molar-refractivity contribution in [2.75, 3.05) is 26.2 Å². The minimum atomic E-state index is 0.574. The van der Waals surface area contributed by atoms with Crippen LogP contribution in [0, 0.1) is 13.8 Å². The molecule has 1 aromatic heterocycles. The number of aliphatic imine (C=N–C) groups is 1. The molecule has 1 heterocycles. The first kappa shape index (κ1) is 21.5. The van der Waals surface area contributed by atoms with Gasteiger partial charge in [-0.3, -0.25) is 9.89 Å². The van der Waals surface area contributed by atoms with Crippen LogP contribution in [-0.4, -0.2) is 54.3 Å². The highest BCUT2D eigenvalue weighted by Gasteiger charge is 2.12. The topological polar surface area (TPSA) is 65.7 Å². The van der Waals surface area contributed by atoms with E-state index in [1.165, 1.54) is 5.56 Å². The lowest BCUT2D eigenvalue weighted by atomic mass is 10.1. The molecular formula is C19H37N5O. The van der Waals surface area contributed by atoms with Crippen LogP contribution in [0.5, 0.6) is 0 Å². The zero-order valence-corrected chi connectivity index (χ0v) is 17.1. The number of hydrogen-bond donors (Lipinski definition) is 2. The quantitative estimate of drug-likeness (QED) is 0.385. The van der Waals surface area contributed by atoms with Crippen molar-refractivity contribution < 1.29 is 4.52 Å². The maximum absolute atomic E-state index is 5.21. The van der Waals surface area contributed by atoms with Crippen LogP contribution in [0.15, 0.2) is 9.52 Å². The van der Waals surface area contributed by atoms with E-state index in [9.17, 15) is 0 Å². The predicted octanol–water partition coefficient (Wildman–Crippen LogP) is 2.90. The first-order valence-corrected chi connectivity index (χ1v) is 9.56. The van der Waals surface area contributed by atoms with Gasteiger partial charge in [0.2, 0.25) is 0 Å². The van der Waals surface area contributed by atoms with Gasteiger partial charge in [-0.25, -0.2) is 0 Å². The van der Waals surface area contributed by atoms with Crippen molar-refractivity contribution in [3.8, 4) is 0 Å². The fourth-order valence-corrected chi connectivity index (χ4v) is 3.06. The van der Waals surface area contributed by atoms with E-state index in [2.05, 4.69) is 55.3 Å². The van der Waals surface area contributed by atoms with E-state index in [4.69, 9.17) is 9.52 Å². The fraction of sp³-hybridized carbons (Fsp3) is 0.789. The van der Waals surface area contributed by atoms with Gasteiger partial charge in [-0.2, -0.15) is 0 Å². The molecule has 6 heteroatoms. The molecule has 2 N–H and O–H groups in total. The average Bonchev–Trinajstić information content (AvgIpc) is 2.85. The van der Waals surface area contributed by atoms with Gasteiger partial charge in [-0.15, -0.1) is 0 Å². The molecule has 0 aliphatic heterocycles. The summed E-state index contributed by atoms with van der Waals surface area (Å²) in [5.41, 5.74) is 2.16. The molecule has 0 bridgehead atoms. The Labute approximate surface area is 153 Å². The van der Waals surface area contributed by atoms with Crippen LogP contribution >= 0.6 is 0 Å². The van der Waals surface area contributed by atoms with Crippen molar-refractivity contribution in [1.29, 1.82) is 0 Å². The van der Waals surface area contributed by atoms with Gasteiger partial charge in [0.25, 0.3) is 0 Å². The van der Waals surface area contributed by atoms with Crippen LogP contribution in [0.1, 0.15) is 58.1 Å². The number of aromatic nitrogens is 1. The Bertz CT molecular complexity index is 494. The lowest BCUT2D eigenvalue weighted by molar-refractivity contribution is 0.174. The number of guanidine groups is 1.